The van der Waals surface area contributed by atoms with E-state index >= 15 is 0 Å². The van der Waals surface area contributed by atoms with Crippen LogP contribution in [0.3, 0.4) is 0 Å². The number of carbonyl (C=O) groups is 1. The molecular weight excluding hydrogens is 500 g/mol. The minimum Gasteiger partial charge on any atom is -0.461 e. The van der Waals surface area contributed by atoms with Gasteiger partial charge in [0.1, 0.15) is 0 Å². The summed E-state index contributed by atoms with van der Waals surface area (Å²) in [5.74, 6) is -0.446. The molecule has 0 aliphatic carbocycles. The van der Waals surface area contributed by atoms with Gasteiger partial charge >= 0.3 is 5.97 Å². The molecule has 8 heteroatoms. The summed E-state index contributed by atoms with van der Waals surface area (Å²) in [6, 6.07) is 25.9. The predicted octanol–water partition coefficient (Wildman–Crippen LogP) is 5.93. The number of benzene rings is 3. The summed E-state index contributed by atoms with van der Waals surface area (Å²) in [5, 5.41) is 13.9. The highest BCUT2D eigenvalue weighted by Crippen LogP contribution is 2.54. The number of fused-ring (bicyclic) bond motifs is 2. The van der Waals surface area contributed by atoms with E-state index < -0.39 is 11.0 Å². The Morgan fingerprint density at radius 2 is 1.58 bits per heavy atom. The second-order valence-corrected chi connectivity index (χ2v) is 9.58. The number of carbonyl (C=O) groups excluding carboxylic acids is 1. The minimum atomic E-state index is -0.951. The Bertz CT molecular complexity index is 1260. The van der Waals surface area contributed by atoms with Gasteiger partial charge in [0, 0.05) is 15.6 Å². The average Bonchev–Trinajstić information content (AvgIpc) is 3.24. The molecule has 1 atom stereocenters. The molecule has 0 saturated heterocycles. The third-order valence-corrected chi connectivity index (χ3v) is 7.26. The molecule has 0 bridgehead atoms. The highest BCUT2D eigenvalue weighted by Gasteiger charge is 2.56. The monoisotopic (exact) mass is 520 g/mol. The number of hydrogen-bond acceptors (Lipinski definition) is 7. The van der Waals surface area contributed by atoms with E-state index in [0.29, 0.717) is 0 Å². The first-order valence-corrected chi connectivity index (χ1v) is 12.2. The molecule has 0 radical (unpaired) electrons. The molecule has 0 amide bonds. The maximum Gasteiger partial charge on any atom is 0.365 e. The van der Waals surface area contributed by atoms with Gasteiger partial charge in [0.05, 0.1) is 23.7 Å². The number of halogens is 1. The van der Waals surface area contributed by atoms with E-state index in [1.54, 1.807) is 6.92 Å². The third-order valence-electron chi connectivity index (χ3n) is 5.44. The van der Waals surface area contributed by atoms with Crippen LogP contribution >= 0.6 is 27.7 Å². The van der Waals surface area contributed by atoms with E-state index in [9.17, 15) is 4.79 Å². The van der Waals surface area contributed by atoms with Crippen LogP contribution in [0.25, 0.3) is 0 Å². The lowest BCUT2D eigenvalue weighted by Gasteiger charge is -2.46. The highest BCUT2D eigenvalue weighted by molar-refractivity contribution is 9.10. The molecule has 2 aliphatic rings. The molecule has 166 valence electrons. The number of esters is 1. The summed E-state index contributed by atoms with van der Waals surface area (Å²) in [4.78, 5) is 11.9. The Kier molecular flexibility index (Phi) is 5.72. The number of thioether (sulfide) groups is 1. The molecule has 6 nitrogen and oxygen atoms in total. The van der Waals surface area contributed by atoms with Crippen molar-refractivity contribution in [3.05, 3.63) is 94.5 Å². The summed E-state index contributed by atoms with van der Waals surface area (Å²) >= 11 is 4.86. The zero-order valence-electron chi connectivity index (χ0n) is 18.1. The third kappa shape index (κ3) is 3.63. The van der Waals surface area contributed by atoms with Crippen molar-refractivity contribution in [2.24, 2.45) is 10.2 Å². The van der Waals surface area contributed by atoms with Gasteiger partial charge in [0.25, 0.3) is 0 Å². The van der Waals surface area contributed by atoms with Crippen molar-refractivity contribution in [3.63, 3.8) is 0 Å². The molecule has 3 aromatic carbocycles. The quantitative estimate of drug-likeness (QED) is 0.398. The van der Waals surface area contributed by atoms with E-state index in [1.807, 2.05) is 83.7 Å². The number of rotatable bonds is 4. The normalized spacial score (nSPS) is 19.2. The van der Waals surface area contributed by atoms with E-state index in [4.69, 9.17) is 14.9 Å². The van der Waals surface area contributed by atoms with Crippen LogP contribution in [0.4, 0.5) is 11.4 Å². The Labute approximate surface area is 205 Å². The van der Waals surface area contributed by atoms with Crippen LogP contribution in [0.5, 0.6) is 0 Å². The fraction of sp³-hybridized carbons (Fsp3) is 0.160. The first-order valence-electron chi connectivity index (χ1n) is 10.6. The summed E-state index contributed by atoms with van der Waals surface area (Å²) in [5.41, 5.74) is 4.62. The van der Waals surface area contributed by atoms with E-state index in [1.165, 1.54) is 11.8 Å². The standard InChI is InChI=1S/C25H21BrN4O2S/c1-3-32-24(31)23-28-30(20-15-13-18(26)14-16-20)25(33-23)22-12-8-7-11-21(22)17(2)27-29(25)19-9-5-4-6-10-19/h4-16H,3H2,1-2H3/t25-/m0/s1. The van der Waals surface area contributed by atoms with Crippen LogP contribution in [-0.2, 0) is 14.5 Å². The van der Waals surface area contributed by atoms with Crippen LogP contribution in [0.2, 0.25) is 0 Å². The molecule has 2 heterocycles. The van der Waals surface area contributed by atoms with E-state index in [2.05, 4.69) is 28.1 Å². The second-order valence-electron chi connectivity index (χ2n) is 7.50. The van der Waals surface area contributed by atoms with Crippen molar-refractivity contribution < 1.29 is 9.53 Å². The molecule has 0 N–H and O–H groups in total. The zero-order chi connectivity index (χ0) is 23.0. The first-order chi connectivity index (χ1) is 16.0. The molecule has 5 rings (SSSR count). The van der Waals surface area contributed by atoms with Crippen molar-refractivity contribution in [2.75, 3.05) is 16.6 Å². The van der Waals surface area contributed by atoms with Gasteiger partial charge in [-0.1, -0.05) is 58.4 Å². The van der Waals surface area contributed by atoms with Gasteiger partial charge in [-0.15, -0.1) is 0 Å². The fourth-order valence-electron chi connectivity index (χ4n) is 4.02. The summed E-state index contributed by atoms with van der Waals surface area (Å²) in [6.07, 6.45) is 0. The summed E-state index contributed by atoms with van der Waals surface area (Å²) in [7, 11) is 0. The first kappa shape index (κ1) is 21.7. The molecule has 0 aromatic heterocycles. The molecule has 33 heavy (non-hydrogen) atoms. The number of hydrazone groups is 2. The molecule has 3 aromatic rings. The average molecular weight is 521 g/mol. The van der Waals surface area contributed by atoms with Gasteiger partial charge in [-0.2, -0.15) is 10.2 Å². The van der Waals surface area contributed by atoms with E-state index in [0.717, 1.165) is 32.7 Å². The summed E-state index contributed by atoms with van der Waals surface area (Å²) in [6.45, 7) is 4.07. The van der Waals surface area contributed by atoms with Gasteiger partial charge < -0.3 is 4.74 Å². The topological polar surface area (TPSA) is 57.5 Å². The minimum absolute atomic E-state index is 0.278. The highest BCUT2D eigenvalue weighted by atomic mass is 79.9. The Morgan fingerprint density at radius 1 is 0.939 bits per heavy atom. The molecular formula is C25H21BrN4O2S. The van der Waals surface area contributed by atoms with Crippen molar-refractivity contribution >= 4 is 55.8 Å². The van der Waals surface area contributed by atoms with E-state index in [-0.39, 0.29) is 11.7 Å². The van der Waals surface area contributed by atoms with Gasteiger partial charge in [-0.25, -0.2) is 14.8 Å². The van der Waals surface area contributed by atoms with Crippen LogP contribution in [0, 0.1) is 0 Å². The second kappa shape index (κ2) is 8.68. The Morgan fingerprint density at radius 3 is 2.30 bits per heavy atom. The Hall–Kier alpha value is -3.10. The molecule has 1 spiro atoms. The lowest BCUT2D eigenvalue weighted by Crippen LogP contribution is -2.53. The predicted molar refractivity (Wildman–Crippen MR) is 138 cm³/mol. The molecule has 0 fully saturated rings. The lowest BCUT2D eigenvalue weighted by atomic mass is 9.98. The van der Waals surface area contributed by atoms with Crippen LogP contribution in [-0.4, -0.2) is 23.3 Å². The lowest BCUT2D eigenvalue weighted by molar-refractivity contribution is -0.134. The van der Waals surface area contributed by atoms with Crippen molar-refractivity contribution in [1.82, 2.24) is 0 Å². The van der Waals surface area contributed by atoms with Gasteiger partial charge in [-0.05, 0) is 62.0 Å². The number of hydrogen-bond donors (Lipinski definition) is 0. The van der Waals surface area contributed by atoms with Gasteiger partial charge in [0.15, 0.2) is 0 Å². The number of nitrogens with zero attached hydrogens (tertiary/aromatic N) is 4. The molecule has 0 saturated carbocycles. The smallest absolute Gasteiger partial charge is 0.365 e. The zero-order valence-corrected chi connectivity index (χ0v) is 20.5. The molecule has 0 unspecified atom stereocenters. The summed E-state index contributed by atoms with van der Waals surface area (Å²) < 4.78 is 6.29. The van der Waals surface area contributed by atoms with Crippen molar-refractivity contribution in [1.29, 1.82) is 0 Å². The van der Waals surface area contributed by atoms with Crippen LogP contribution in [0.1, 0.15) is 25.0 Å². The number of para-hydroxylation sites is 1. The Balaban J connectivity index is 1.78. The fourth-order valence-corrected chi connectivity index (χ4v) is 5.57. The SMILES string of the molecule is CCOC(=O)C1=NN(c2ccc(Br)cc2)[C@]2(S1)c1ccccc1C(C)=NN2c1ccccc1. The van der Waals surface area contributed by atoms with Gasteiger partial charge in [-0.3, -0.25) is 0 Å². The van der Waals surface area contributed by atoms with Gasteiger partial charge in [0.2, 0.25) is 10.0 Å². The van der Waals surface area contributed by atoms with Crippen molar-refractivity contribution in [3.8, 4) is 0 Å². The van der Waals surface area contributed by atoms with Crippen molar-refractivity contribution in [2.45, 2.75) is 18.8 Å². The maximum absolute atomic E-state index is 12.9. The molecule has 2 aliphatic heterocycles. The van der Waals surface area contributed by atoms with Crippen LogP contribution in [0.15, 0.2) is 93.5 Å². The van der Waals surface area contributed by atoms with Crippen LogP contribution < -0.4 is 10.0 Å². The maximum atomic E-state index is 12.9. The number of anilines is 2. The largest absolute Gasteiger partial charge is 0.461 e. The number of ether oxygens (including phenoxy) is 1.